The highest BCUT2D eigenvalue weighted by Crippen LogP contribution is 2.23. The highest BCUT2D eigenvalue weighted by molar-refractivity contribution is 6.00. The molecule has 2 aliphatic rings. The molecule has 2 aliphatic heterocycles. The normalized spacial score (nSPS) is 22.0. The number of amides is 12. The standard InChI is InChI=1S/C59H82N16O11/c1-3-4-17-42(68-34(2)76)51(79)74-47-32-49(77)64-25-10-9-19-41(50(60)78)69-52(80)43(21-12-27-66-59(63)86)71-55(83)46(31-38-33-67-40-18-8-7-16-39(38)40)72-53(81)44(20-11-26-65-58(61)62)70-54(82)45(73-56(84)48-22-13-28-75(48)57(47)85)30-35-23-24-36-14-5-6-15-37(36)29-35/h5-8,14-16,18,23-24,29,33,41-48,67H,3-4,9-13,17,19-22,25-28,30-32H2,1-2H3,(H2,60,78)(H,64,77)(H,68,76)(H,69,80)(H,70,82)(H,71,83)(H,72,81)(H,73,84)(H,74,79)(H4,61,62,65)(H3,63,66,86)/t41-,42-,43-,44-,45+,46-,47-,48-/m0/s1. The SMILES string of the molecule is CCCC[C@H](NC(C)=O)C(=O)N[C@H]1CC(=O)NCCCC[C@@H](C(N)=O)NC(=O)[C@H](CCCNC(N)=O)NC(=O)[C@H](Cc2c[nH]c3ccccc23)NC(=O)[C@H](CCCN=C(N)N)NC(=O)[C@@H](Cc2ccc3ccccc3c2)NC(=O)[C@@H]2CCCN2C1=O. The van der Waals surface area contributed by atoms with Crippen molar-refractivity contribution in [1.29, 1.82) is 0 Å². The Bertz CT molecular complexity index is 3110. The van der Waals surface area contributed by atoms with E-state index in [0.29, 0.717) is 30.4 Å². The first-order chi connectivity index (χ1) is 41.2. The lowest BCUT2D eigenvalue weighted by atomic mass is 9.99. The Morgan fingerprint density at radius 3 is 2.06 bits per heavy atom. The van der Waals surface area contributed by atoms with E-state index in [1.807, 2.05) is 61.5 Å². The fraction of sp³-hybridized carbons (Fsp3) is 0.492. The first-order valence-corrected chi connectivity index (χ1v) is 29.3. The first-order valence-electron chi connectivity index (χ1n) is 29.3. The average molecular weight is 1190 g/mol. The summed E-state index contributed by atoms with van der Waals surface area (Å²) in [6.07, 6.45) is 3.20. The molecule has 0 spiro atoms. The predicted molar refractivity (Wildman–Crippen MR) is 321 cm³/mol. The zero-order valence-corrected chi connectivity index (χ0v) is 48.7. The van der Waals surface area contributed by atoms with Gasteiger partial charge in [-0.05, 0) is 92.2 Å². The van der Waals surface area contributed by atoms with Crippen LogP contribution in [0.4, 0.5) is 4.79 Å². The summed E-state index contributed by atoms with van der Waals surface area (Å²) in [7, 11) is 0. The van der Waals surface area contributed by atoms with Crippen LogP contribution < -0.4 is 70.8 Å². The molecule has 2 fully saturated rings. The number of carbonyl (C=O) groups excluding carboxylic acids is 11. The highest BCUT2D eigenvalue weighted by Gasteiger charge is 2.41. The number of aliphatic imine (C=N–C) groups is 1. The monoisotopic (exact) mass is 1190 g/mol. The van der Waals surface area contributed by atoms with Gasteiger partial charge in [0.05, 0.1) is 6.42 Å². The zero-order valence-electron chi connectivity index (χ0n) is 48.7. The number of rotatable bonds is 19. The second-order valence-electron chi connectivity index (χ2n) is 21.7. The number of unbranched alkanes of at least 4 members (excludes halogenated alkanes) is 1. The van der Waals surface area contributed by atoms with Crippen LogP contribution in [0.15, 0.2) is 77.9 Å². The van der Waals surface area contributed by atoms with Crippen molar-refractivity contribution in [3.05, 3.63) is 84.1 Å². The van der Waals surface area contributed by atoms with Gasteiger partial charge in [-0.1, -0.05) is 80.4 Å². The van der Waals surface area contributed by atoms with Gasteiger partial charge >= 0.3 is 6.03 Å². The Hall–Kier alpha value is -9.30. The molecule has 1 aromatic heterocycles. The van der Waals surface area contributed by atoms with E-state index in [1.54, 1.807) is 18.3 Å². The summed E-state index contributed by atoms with van der Waals surface area (Å²) in [6, 6.07) is 8.69. The van der Waals surface area contributed by atoms with E-state index in [4.69, 9.17) is 22.9 Å². The third kappa shape index (κ3) is 19.9. The minimum atomic E-state index is -1.53. The smallest absolute Gasteiger partial charge is 0.312 e. The van der Waals surface area contributed by atoms with Crippen molar-refractivity contribution in [1.82, 2.24) is 57.7 Å². The molecule has 12 amide bonds. The van der Waals surface area contributed by atoms with Crippen molar-refractivity contribution in [3.8, 4) is 0 Å². The number of guanidine groups is 1. The molecule has 86 heavy (non-hydrogen) atoms. The van der Waals surface area contributed by atoms with E-state index in [2.05, 4.69) is 57.8 Å². The van der Waals surface area contributed by atoms with Gasteiger partial charge in [-0.15, -0.1) is 0 Å². The summed E-state index contributed by atoms with van der Waals surface area (Å²) in [5, 5.41) is 26.8. The lowest BCUT2D eigenvalue weighted by Crippen LogP contribution is -2.60. The van der Waals surface area contributed by atoms with Gasteiger partial charge in [-0.2, -0.15) is 0 Å². The van der Waals surface area contributed by atoms with Crippen molar-refractivity contribution in [2.75, 3.05) is 26.2 Å². The summed E-state index contributed by atoms with van der Waals surface area (Å²) in [4.78, 5) is 162. The number of fused-ring (bicyclic) bond motifs is 3. The van der Waals surface area contributed by atoms with Crippen molar-refractivity contribution >= 4 is 92.7 Å². The van der Waals surface area contributed by atoms with Gasteiger partial charge in [-0.3, -0.25) is 52.9 Å². The van der Waals surface area contributed by atoms with Gasteiger partial charge < -0.3 is 80.7 Å². The quantitative estimate of drug-likeness (QED) is 0.0317. The number of hydrogen-bond acceptors (Lipinski definition) is 12. The van der Waals surface area contributed by atoms with Crippen LogP contribution in [0.5, 0.6) is 0 Å². The van der Waals surface area contributed by atoms with Crippen molar-refractivity contribution < 1.29 is 52.7 Å². The number of hydrogen-bond donors (Lipinski definition) is 14. The number of urea groups is 1. The molecular formula is C59H82N16O11. The van der Waals surface area contributed by atoms with Gasteiger partial charge in [0.1, 0.15) is 48.3 Å². The van der Waals surface area contributed by atoms with Crippen LogP contribution in [0.2, 0.25) is 0 Å². The number of nitrogens with zero attached hydrogens (tertiary/aromatic N) is 2. The fourth-order valence-corrected chi connectivity index (χ4v) is 10.6. The Kier molecular flexibility index (Phi) is 25.0. The van der Waals surface area contributed by atoms with E-state index >= 15 is 4.79 Å². The topological polar surface area (TPSA) is 432 Å². The minimum absolute atomic E-state index is 0.00423. The molecule has 0 saturated carbocycles. The van der Waals surface area contributed by atoms with E-state index < -0.39 is 120 Å². The average Bonchev–Trinajstić information content (AvgIpc) is 4.30. The summed E-state index contributed by atoms with van der Waals surface area (Å²) < 4.78 is 0. The lowest BCUT2D eigenvalue weighted by Gasteiger charge is -2.31. The summed E-state index contributed by atoms with van der Waals surface area (Å²) in [5.41, 5.74) is 24.3. The van der Waals surface area contributed by atoms with Crippen LogP contribution in [-0.4, -0.2) is 155 Å². The van der Waals surface area contributed by atoms with Crippen LogP contribution in [0.1, 0.15) is 108 Å². The van der Waals surface area contributed by atoms with Crippen molar-refractivity contribution in [2.45, 2.75) is 158 Å². The van der Waals surface area contributed by atoms with Gasteiger partial charge in [0.15, 0.2) is 5.96 Å². The Balaban J connectivity index is 1.41. The Morgan fingerprint density at radius 2 is 1.36 bits per heavy atom. The number of aromatic nitrogens is 1. The Morgan fingerprint density at radius 1 is 0.709 bits per heavy atom. The molecule has 0 aliphatic carbocycles. The second-order valence-corrected chi connectivity index (χ2v) is 21.7. The fourth-order valence-electron chi connectivity index (χ4n) is 10.6. The molecule has 27 nitrogen and oxygen atoms in total. The van der Waals surface area contributed by atoms with Crippen molar-refractivity contribution in [3.63, 3.8) is 0 Å². The zero-order chi connectivity index (χ0) is 62.3. The minimum Gasteiger partial charge on any atom is -0.370 e. The number of primary amides is 2. The molecule has 27 heteroatoms. The highest BCUT2D eigenvalue weighted by atomic mass is 16.2. The molecule has 18 N–H and O–H groups in total. The first kappa shape index (κ1) is 65.8. The maximum absolute atomic E-state index is 15.1. The number of nitrogens with one attached hydrogen (secondary N) is 10. The molecule has 3 heterocycles. The Labute approximate surface area is 498 Å². The van der Waals surface area contributed by atoms with E-state index in [-0.39, 0.29) is 103 Å². The number of H-pyrrole nitrogens is 1. The van der Waals surface area contributed by atoms with E-state index in [9.17, 15) is 47.9 Å². The molecule has 0 radical (unpaired) electrons. The largest absolute Gasteiger partial charge is 0.370 e. The number of aromatic amines is 1. The maximum atomic E-state index is 15.1. The van der Waals surface area contributed by atoms with Crippen LogP contribution in [-0.2, 0) is 60.8 Å². The third-order valence-corrected chi connectivity index (χ3v) is 15.1. The van der Waals surface area contributed by atoms with Crippen molar-refractivity contribution in [2.24, 2.45) is 27.9 Å². The number of nitrogens with two attached hydrogens (primary N) is 4. The lowest BCUT2D eigenvalue weighted by molar-refractivity contribution is -0.143. The third-order valence-electron chi connectivity index (χ3n) is 15.1. The summed E-state index contributed by atoms with van der Waals surface area (Å²) >= 11 is 0. The molecule has 4 aromatic rings. The molecular weight excluding hydrogens is 1110 g/mol. The second kappa shape index (κ2) is 32.7. The van der Waals surface area contributed by atoms with Crippen LogP contribution in [0.3, 0.4) is 0 Å². The number of para-hydroxylation sites is 1. The van der Waals surface area contributed by atoms with Gasteiger partial charge in [0.25, 0.3) is 0 Å². The molecule has 2 saturated heterocycles. The molecule has 0 bridgehead atoms. The molecule has 0 unspecified atom stereocenters. The van der Waals surface area contributed by atoms with Crippen LogP contribution in [0.25, 0.3) is 21.7 Å². The molecule has 464 valence electrons. The maximum Gasteiger partial charge on any atom is 0.312 e. The predicted octanol–water partition coefficient (Wildman–Crippen LogP) is -0.621. The van der Waals surface area contributed by atoms with E-state index in [0.717, 1.165) is 21.7 Å². The van der Waals surface area contributed by atoms with Crippen LogP contribution >= 0.6 is 0 Å². The van der Waals surface area contributed by atoms with Gasteiger partial charge in [-0.25, -0.2) is 4.79 Å². The number of benzene rings is 3. The molecule has 8 atom stereocenters. The van der Waals surface area contributed by atoms with Gasteiger partial charge in [0.2, 0.25) is 59.1 Å². The van der Waals surface area contributed by atoms with Gasteiger partial charge in [0, 0.05) is 63.0 Å². The number of carbonyl (C=O) groups is 11. The molecule has 3 aromatic carbocycles. The summed E-state index contributed by atoms with van der Waals surface area (Å²) in [5.74, 6) is -7.87. The summed E-state index contributed by atoms with van der Waals surface area (Å²) in [6.45, 7) is 3.22. The molecule has 6 rings (SSSR count). The van der Waals surface area contributed by atoms with Crippen LogP contribution in [0, 0.1) is 0 Å². The van der Waals surface area contributed by atoms with E-state index in [1.165, 1.54) is 11.8 Å².